The van der Waals surface area contributed by atoms with Crippen molar-refractivity contribution in [1.29, 1.82) is 5.26 Å². The third kappa shape index (κ3) is 6.08. The molecule has 0 spiro atoms. The molecule has 0 unspecified atom stereocenters. The molecule has 0 saturated heterocycles. The summed E-state index contributed by atoms with van der Waals surface area (Å²) in [5.74, 6) is 2.64. The Labute approximate surface area is 233 Å². The largest absolute Gasteiger partial charge is 0.497 e. The van der Waals surface area contributed by atoms with Crippen LogP contribution in [-0.4, -0.2) is 44.4 Å². The Morgan fingerprint density at radius 3 is 1.85 bits per heavy atom. The minimum Gasteiger partial charge on any atom is -0.497 e. The van der Waals surface area contributed by atoms with E-state index in [1.165, 1.54) is 4.90 Å². The second-order valence-electron chi connectivity index (χ2n) is 8.65. The lowest BCUT2D eigenvalue weighted by atomic mass is 10.1. The highest BCUT2D eigenvalue weighted by molar-refractivity contribution is 5.99. The number of methoxy groups -OCH3 is 4. The number of ether oxygens (including phenoxy) is 4. The number of rotatable bonds is 10. The van der Waals surface area contributed by atoms with E-state index in [0.29, 0.717) is 28.7 Å². The molecule has 2 amide bonds. The van der Waals surface area contributed by atoms with Gasteiger partial charge in [-0.25, -0.2) is 14.7 Å². The van der Waals surface area contributed by atoms with Crippen LogP contribution in [0.5, 0.6) is 23.0 Å². The number of anilines is 2. The number of benzene rings is 3. The Hall–Kier alpha value is -5.23. The molecule has 0 aliphatic heterocycles. The van der Waals surface area contributed by atoms with Crippen LogP contribution in [0.1, 0.15) is 16.7 Å². The van der Waals surface area contributed by atoms with Crippen molar-refractivity contribution in [2.75, 3.05) is 33.3 Å². The maximum atomic E-state index is 14.5. The number of para-hydroxylation sites is 1. The highest BCUT2D eigenvalue weighted by Crippen LogP contribution is 2.33. The second kappa shape index (κ2) is 13.0. The van der Waals surface area contributed by atoms with Gasteiger partial charge in [0.05, 0.1) is 52.8 Å². The Morgan fingerprint density at radius 1 is 0.775 bits per heavy atom. The summed E-state index contributed by atoms with van der Waals surface area (Å²) in [6.45, 7) is 0.360. The Balaban J connectivity index is 1.84. The zero-order chi connectivity index (χ0) is 28.5. The van der Waals surface area contributed by atoms with E-state index in [1.54, 1.807) is 75.9 Å². The molecule has 0 saturated carbocycles. The van der Waals surface area contributed by atoms with E-state index in [2.05, 4.69) is 11.1 Å². The van der Waals surface area contributed by atoms with Gasteiger partial charge >= 0.3 is 6.03 Å². The van der Waals surface area contributed by atoms with Crippen LogP contribution in [0.2, 0.25) is 0 Å². The number of hydrogen-bond acceptors (Lipinski definition) is 7. The van der Waals surface area contributed by atoms with Crippen LogP contribution >= 0.6 is 0 Å². The smallest absolute Gasteiger partial charge is 0.330 e. The Kier molecular flexibility index (Phi) is 9.05. The van der Waals surface area contributed by atoms with Crippen molar-refractivity contribution in [3.05, 3.63) is 102 Å². The molecule has 1 heterocycles. The first-order chi connectivity index (χ1) is 19.5. The van der Waals surface area contributed by atoms with Crippen LogP contribution < -0.4 is 23.8 Å². The van der Waals surface area contributed by atoms with Gasteiger partial charge < -0.3 is 23.8 Å². The molecule has 9 heteroatoms. The first kappa shape index (κ1) is 27.8. The van der Waals surface area contributed by atoms with E-state index in [9.17, 15) is 10.1 Å². The number of aromatic nitrogens is 1. The SMILES string of the molecule is COc1ccc(CN(Cc2ccc(OC)cc2OC)C(=O)N(c2ccccc2)c2ncccc2C#N)c(OC)c1. The summed E-state index contributed by atoms with van der Waals surface area (Å²) in [5.41, 5.74) is 2.36. The van der Waals surface area contributed by atoms with Crippen LogP contribution in [-0.2, 0) is 13.1 Å². The molecule has 3 aromatic carbocycles. The third-order valence-corrected chi connectivity index (χ3v) is 6.31. The van der Waals surface area contributed by atoms with E-state index in [4.69, 9.17) is 18.9 Å². The quantitative estimate of drug-likeness (QED) is 0.246. The minimum absolute atomic E-state index is 0.180. The number of carbonyl (C=O) groups excluding carboxylic acids is 1. The van der Waals surface area contributed by atoms with Gasteiger partial charge in [0, 0.05) is 29.5 Å². The first-order valence-electron chi connectivity index (χ1n) is 12.4. The number of amides is 2. The van der Waals surface area contributed by atoms with Gasteiger partial charge in [0.25, 0.3) is 0 Å². The molecule has 0 aliphatic carbocycles. The van der Waals surface area contributed by atoms with Crippen molar-refractivity contribution in [1.82, 2.24) is 9.88 Å². The predicted molar refractivity (Wildman–Crippen MR) is 151 cm³/mol. The van der Waals surface area contributed by atoms with Gasteiger partial charge in [-0.3, -0.25) is 0 Å². The molecular weight excluding hydrogens is 508 g/mol. The van der Waals surface area contributed by atoms with Crippen molar-refractivity contribution in [2.45, 2.75) is 13.1 Å². The predicted octanol–water partition coefficient (Wildman–Crippen LogP) is 5.95. The Morgan fingerprint density at radius 2 is 1.35 bits per heavy atom. The van der Waals surface area contributed by atoms with Crippen LogP contribution in [0.25, 0.3) is 0 Å². The normalized spacial score (nSPS) is 10.3. The number of pyridine rings is 1. The molecule has 4 aromatic rings. The first-order valence-corrected chi connectivity index (χ1v) is 12.4. The fraction of sp³-hybridized carbons (Fsp3) is 0.194. The molecule has 0 aliphatic rings. The zero-order valence-electron chi connectivity index (χ0n) is 22.8. The average Bonchev–Trinajstić information content (AvgIpc) is 3.01. The molecule has 204 valence electrons. The van der Waals surface area contributed by atoms with E-state index >= 15 is 0 Å². The molecule has 9 nitrogen and oxygen atoms in total. The summed E-state index contributed by atoms with van der Waals surface area (Å²) < 4.78 is 22.0. The van der Waals surface area contributed by atoms with Crippen LogP contribution in [0.4, 0.5) is 16.3 Å². The van der Waals surface area contributed by atoms with Gasteiger partial charge in [-0.1, -0.05) is 18.2 Å². The van der Waals surface area contributed by atoms with Crippen molar-refractivity contribution in [2.24, 2.45) is 0 Å². The van der Waals surface area contributed by atoms with E-state index in [0.717, 1.165) is 11.1 Å². The monoisotopic (exact) mass is 538 g/mol. The summed E-state index contributed by atoms with van der Waals surface area (Å²) in [4.78, 5) is 22.1. The summed E-state index contributed by atoms with van der Waals surface area (Å²) in [5, 5.41) is 9.84. The molecule has 1 aromatic heterocycles. The van der Waals surface area contributed by atoms with Gasteiger partial charge in [0.2, 0.25) is 0 Å². The second-order valence-corrected chi connectivity index (χ2v) is 8.65. The van der Waals surface area contributed by atoms with Crippen molar-refractivity contribution in [3.63, 3.8) is 0 Å². The number of nitrogens with zero attached hydrogens (tertiary/aromatic N) is 4. The fourth-order valence-corrected chi connectivity index (χ4v) is 4.27. The standard InChI is InChI=1S/C31H30N4O5/c1-37-26-14-12-23(28(17-26)39-3)20-34(21-24-13-15-27(38-2)18-29(24)40-4)31(36)35(25-10-6-5-7-11-25)30-22(19-32)9-8-16-33-30/h5-18H,20-21H2,1-4H3. The highest BCUT2D eigenvalue weighted by Gasteiger charge is 2.29. The Bertz CT molecular complexity index is 1450. The third-order valence-electron chi connectivity index (χ3n) is 6.31. The van der Waals surface area contributed by atoms with E-state index < -0.39 is 6.03 Å². The number of hydrogen-bond donors (Lipinski definition) is 0. The van der Waals surface area contributed by atoms with E-state index in [1.807, 2.05) is 42.5 Å². The van der Waals surface area contributed by atoms with Crippen molar-refractivity contribution >= 4 is 17.5 Å². The summed E-state index contributed by atoms with van der Waals surface area (Å²) in [6.07, 6.45) is 1.56. The number of nitriles is 1. The molecule has 0 N–H and O–H groups in total. The lowest BCUT2D eigenvalue weighted by molar-refractivity contribution is 0.200. The molecule has 40 heavy (non-hydrogen) atoms. The molecule has 0 atom stereocenters. The summed E-state index contributed by atoms with van der Waals surface area (Å²) in [6, 6.07) is 25.1. The van der Waals surface area contributed by atoms with Crippen molar-refractivity contribution in [3.8, 4) is 29.1 Å². The molecular formula is C31H30N4O5. The van der Waals surface area contributed by atoms with Gasteiger partial charge in [-0.05, 0) is 48.5 Å². The average molecular weight is 539 g/mol. The lowest BCUT2D eigenvalue weighted by Gasteiger charge is -2.31. The number of urea groups is 1. The van der Waals surface area contributed by atoms with Gasteiger partial charge in [0.15, 0.2) is 5.82 Å². The maximum Gasteiger partial charge on any atom is 0.330 e. The topological polar surface area (TPSA) is 97.1 Å². The maximum absolute atomic E-state index is 14.5. The molecule has 0 fully saturated rings. The van der Waals surface area contributed by atoms with Gasteiger partial charge in [0.1, 0.15) is 29.1 Å². The van der Waals surface area contributed by atoms with E-state index in [-0.39, 0.29) is 24.5 Å². The van der Waals surface area contributed by atoms with Crippen LogP contribution in [0.3, 0.4) is 0 Å². The van der Waals surface area contributed by atoms with Crippen molar-refractivity contribution < 1.29 is 23.7 Å². The van der Waals surface area contributed by atoms with Gasteiger partial charge in [-0.2, -0.15) is 5.26 Å². The lowest BCUT2D eigenvalue weighted by Crippen LogP contribution is -2.41. The summed E-state index contributed by atoms with van der Waals surface area (Å²) in [7, 11) is 6.30. The fourth-order valence-electron chi connectivity index (χ4n) is 4.27. The minimum atomic E-state index is -0.392. The molecule has 4 rings (SSSR count). The summed E-state index contributed by atoms with van der Waals surface area (Å²) >= 11 is 0. The molecule has 0 bridgehead atoms. The van der Waals surface area contributed by atoms with Gasteiger partial charge in [-0.15, -0.1) is 0 Å². The van der Waals surface area contributed by atoms with Crippen LogP contribution in [0, 0.1) is 11.3 Å². The molecule has 0 radical (unpaired) electrons. The number of carbonyl (C=O) groups is 1. The van der Waals surface area contributed by atoms with Crippen LogP contribution in [0.15, 0.2) is 85.1 Å². The zero-order valence-corrected chi connectivity index (χ0v) is 22.8. The highest BCUT2D eigenvalue weighted by atomic mass is 16.5.